The highest BCUT2D eigenvalue weighted by Gasteiger charge is 2.20. The zero-order chi connectivity index (χ0) is 19.5. The van der Waals surface area contributed by atoms with E-state index in [1.165, 1.54) is 64.9 Å². The van der Waals surface area contributed by atoms with Gasteiger partial charge in [-0.25, -0.2) is 19.0 Å². The molecule has 2 rings (SSSR count). The van der Waals surface area contributed by atoms with Crippen LogP contribution in [0.4, 0.5) is 0 Å². The fraction of sp³-hybridized carbons (Fsp3) is 0.750. The lowest BCUT2D eigenvalue weighted by molar-refractivity contribution is -0.282. The molecule has 0 unspecified atom stereocenters. The van der Waals surface area contributed by atoms with Crippen molar-refractivity contribution in [2.45, 2.75) is 89.7 Å². The van der Waals surface area contributed by atoms with Gasteiger partial charge in [0.1, 0.15) is 6.61 Å². The molecule has 2 heterocycles. The van der Waals surface area contributed by atoms with Crippen LogP contribution in [0.15, 0.2) is 14.3 Å². The van der Waals surface area contributed by atoms with Crippen molar-refractivity contribution in [3.8, 4) is 0 Å². The van der Waals surface area contributed by atoms with Crippen molar-refractivity contribution in [3.05, 3.63) is 21.7 Å². The first kappa shape index (κ1) is 22.1. The lowest BCUT2D eigenvalue weighted by Crippen LogP contribution is -2.06. The Morgan fingerprint density at radius 2 is 1.67 bits per heavy atom. The molecular weight excluding hydrogens is 364 g/mol. The molecule has 0 aliphatic heterocycles. The minimum absolute atomic E-state index is 0.317. The summed E-state index contributed by atoms with van der Waals surface area (Å²) in [4.78, 5) is 21.9. The van der Waals surface area contributed by atoms with E-state index in [2.05, 4.69) is 12.1 Å². The molecule has 7 heteroatoms. The topological polar surface area (TPSA) is 68.9 Å². The number of aromatic nitrogens is 2. The second kappa shape index (κ2) is 12.3. The summed E-state index contributed by atoms with van der Waals surface area (Å²) in [7, 11) is 1.49. The van der Waals surface area contributed by atoms with Crippen molar-refractivity contribution in [2.75, 3.05) is 12.9 Å². The highest BCUT2D eigenvalue weighted by atomic mass is 32.2. The molecule has 2 aromatic rings. The Hall–Kier alpha value is -1.18. The molecule has 6 nitrogen and oxygen atoms in total. The number of thioether (sulfide) groups is 1. The van der Waals surface area contributed by atoms with E-state index in [0.29, 0.717) is 12.3 Å². The van der Waals surface area contributed by atoms with Crippen LogP contribution in [-0.4, -0.2) is 22.4 Å². The van der Waals surface area contributed by atoms with E-state index < -0.39 is 0 Å². The number of unbranched alkanes of at least 4 members (excludes halogenated alkanes) is 9. The van der Waals surface area contributed by atoms with Gasteiger partial charge in [-0.2, -0.15) is 5.16 Å². The van der Waals surface area contributed by atoms with Crippen LogP contribution in [0.25, 0.3) is 5.65 Å². The summed E-state index contributed by atoms with van der Waals surface area (Å²) in [6.45, 7) is 4.53. The smallest absolute Gasteiger partial charge is 0.322 e. The third kappa shape index (κ3) is 6.43. The monoisotopic (exact) mass is 398 g/mol. The molecule has 0 saturated carbocycles. The SMILES string of the molecule is CCCCCCCCCCCCSc1c(COOC)c(C)c2[nH]oc(=O)n12. The fourth-order valence-corrected chi connectivity index (χ4v) is 4.56. The molecule has 0 aliphatic carbocycles. The summed E-state index contributed by atoms with van der Waals surface area (Å²) < 4.78 is 6.54. The molecule has 0 saturated heterocycles. The molecule has 0 aromatic carbocycles. The molecule has 0 bridgehead atoms. The Labute approximate surface area is 165 Å². The van der Waals surface area contributed by atoms with Crippen LogP contribution in [-0.2, 0) is 16.4 Å². The standard InChI is InChI=1S/C20H34N2O4S/c1-4-5-6-7-8-9-10-11-12-13-14-27-19-17(15-25-24-3)16(2)18-21-26-20(23)22(18)19/h21H,4-15H2,1-3H3. The Morgan fingerprint density at radius 3 is 2.30 bits per heavy atom. The lowest BCUT2D eigenvalue weighted by atomic mass is 10.1. The normalized spacial score (nSPS) is 11.7. The van der Waals surface area contributed by atoms with Gasteiger partial charge in [-0.3, -0.25) is 0 Å². The largest absolute Gasteiger partial charge is 0.444 e. The van der Waals surface area contributed by atoms with Crippen LogP contribution in [0, 0.1) is 6.92 Å². The highest BCUT2D eigenvalue weighted by molar-refractivity contribution is 7.99. The number of H-pyrrole nitrogens is 1. The van der Waals surface area contributed by atoms with Crippen molar-refractivity contribution >= 4 is 17.4 Å². The molecule has 0 atom stereocenters. The van der Waals surface area contributed by atoms with E-state index >= 15 is 0 Å². The third-order valence-corrected chi connectivity index (χ3v) is 6.16. The first-order chi connectivity index (χ1) is 13.2. The number of nitrogens with one attached hydrogen (secondary N) is 1. The van der Waals surface area contributed by atoms with Gasteiger partial charge in [0, 0.05) is 11.1 Å². The van der Waals surface area contributed by atoms with E-state index in [1.807, 2.05) is 6.92 Å². The van der Waals surface area contributed by atoms with E-state index in [0.717, 1.165) is 28.3 Å². The lowest BCUT2D eigenvalue weighted by Gasteiger charge is -2.06. The summed E-state index contributed by atoms with van der Waals surface area (Å²) >= 11 is 1.69. The van der Waals surface area contributed by atoms with Crippen molar-refractivity contribution in [3.63, 3.8) is 0 Å². The van der Waals surface area contributed by atoms with Gasteiger partial charge in [0.05, 0.1) is 12.1 Å². The highest BCUT2D eigenvalue weighted by Crippen LogP contribution is 2.30. The molecule has 27 heavy (non-hydrogen) atoms. The van der Waals surface area contributed by atoms with Gasteiger partial charge in [-0.05, 0) is 19.1 Å². The maximum Gasteiger partial charge on any atom is 0.444 e. The van der Waals surface area contributed by atoms with Crippen LogP contribution in [0.1, 0.15) is 82.3 Å². The van der Waals surface area contributed by atoms with Crippen molar-refractivity contribution in [1.82, 2.24) is 9.56 Å². The summed E-state index contributed by atoms with van der Waals surface area (Å²) in [5, 5.41) is 3.60. The van der Waals surface area contributed by atoms with Crippen LogP contribution in [0.2, 0.25) is 0 Å². The molecule has 0 fully saturated rings. The number of rotatable bonds is 15. The molecule has 0 aliphatic rings. The number of nitrogens with zero attached hydrogens (tertiary/aromatic N) is 1. The van der Waals surface area contributed by atoms with Gasteiger partial charge in [-0.15, -0.1) is 11.8 Å². The van der Waals surface area contributed by atoms with Crippen LogP contribution in [0.5, 0.6) is 0 Å². The number of aryl methyl sites for hydroxylation is 1. The quantitative estimate of drug-likeness (QED) is 0.182. The predicted octanol–water partition coefficient (Wildman–Crippen LogP) is 5.62. The Morgan fingerprint density at radius 1 is 1.04 bits per heavy atom. The van der Waals surface area contributed by atoms with Crippen LogP contribution < -0.4 is 5.76 Å². The second-order valence-corrected chi connectivity index (χ2v) is 8.11. The Kier molecular flexibility index (Phi) is 10.1. The average Bonchev–Trinajstić information content (AvgIpc) is 3.17. The van der Waals surface area contributed by atoms with E-state index in [-0.39, 0.29) is 5.76 Å². The first-order valence-electron chi connectivity index (χ1n) is 10.2. The number of aromatic amines is 1. The fourth-order valence-electron chi connectivity index (χ4n) is 3.34. The molecule has 0 radical (unpaired) electrons. The van der Waals surface area contributed by atoms with Gasteiger partial charge in [0.2, 0.25) is 0 Å². The second-order valence-electron chi connectivity index (χ2n) is 7.02. The molecule has 154 valence electrons. The van der Waals surface area contributed by atoms with Crippen LogP contribution >= 0.6 is 11.8 Å². The zero-order valence-electron chi connectivity index (χ0n) is 17.0. The molecule has 0 spiro atoms. The summed E-state index contributed by atoms with van der Waals surface area (Å²) in [6.07, 6.45) is 13.2. The molecule has 1 N–H and O–H groups in total. The summed E-state index contributed by atoms with van der Waals surface area (Å²) in [5.74, 6) is 0.592. The van der Waals surface area contributed by atoms with E-state index in [4.69, 9.17) is 14.3 Å². The van der Waals surface area contributed by atoms with Gasteiger partial charge in [0.15, 0.2) is 5.65 Å². The Bertz CT molecular complexity index is 719. The molecular formula is C20H34N2O4S. The van der Waals surface area contributed by atoms with Gasteiger partial charge in [0.25, 0.3) is 0 Å². The third-order valence-electron chi connectivity index (χ3n) is 4.97. The predicted molar refractivity (Wildman–Crippen MR) is 109 cm³/mol. The minimum Gasteiger partial charge on any atom is -0.322 e. The first-order valence-corrected chi connectivity index (χ1v) is 11.2. The average molecular weight is 399 g/mol. The van der Waals surface area contributed by atoms with Crippen molar-refractivity contribution in [2.24, 2.45) is 0 Å². The van der Waals surface area contributed by atoms with Crippen molar-refractivity contribution < 1.29 is 14.3 Å². The summed E-state index contributed by atoms with van der Waals surface area (Å²) in [6, 6.07) is 0. The van der Waals surface area contributed by atoms with Gasteiger partial charge in [-0.1, -0.05) is 64.7 Å². The number of fused-ring (bicyclic) bond motifs is 1. The van der Waals surface area contributed by atoms with E-state index in [9.17, 15) is 4.79 Å². The number of hydrogen-bond acceptors (Lipinski definition) is 5. The van der Waals surface area contributed by atoms with Crippen LogP contribution in [0.3, 0.4) is 0 Å². The Balaban J connectivity index is 1.74. The number of hydrogen-bond donors (Lipinski definition) is 1. The maximum absolute atomic E-state index is 12.0. The summed E-state index contributed by atoms with van der Waals surface area (Å²) in [5.41, 5.74) is 2.64. The zero-order valence-corrected chi connectivity index (χ0v) is 17.8. The molecule has 0 amide bonds. The minimum atomic E-state index is -0.387. The van der Waals surface area contributed by atoms with Gasteiger partial charge >= 0.3 is 5.76 Å². The maximum atomic E-state index is 12.0. The van der Waals surface area contributed by atoms with Gasteiger partial charge < -0.3 is 4.52 Å². The molecule has 2 aromatic heterocycles. The van der Waals surface area contributed by atoms with E-state index in [1.54, 1.807) is 16.2 Å². The van der Waals surface area contributed by atoms with Crippen molar-refractivity contribution in [1.29, 1.82) is 0 Å².